The van der Waals surface area contributed by atoms with Gasteiger partial charge in [0.25, 0.3) is 0 Å². The van der Waals surface area contributed by atoms with E-state index < -0.39 is 0 Å². The molecule has 3 heteroatoms. The van der Waals surface area contributed by atoms with Crippen LogP contribution < -0.4 is 4.74 Å². The maximum absolute atomic E-state index is 11.2. The molecule has 3 nitrogen and oxygen atoms in total. The smallest absolute Gasteiger partial charge is 0.159 e. The fraction of sp³-hybridized carbons (Fsp3) is 0.533. The highest BCUT2D eigenvalue weighted by atomic mass is 16.5. The van der Waals surface area contributed by atoms with Crippen molar-refractivity contribution in [3.8, 4) is 5.75 Å². The van der Waals surface area contributed by atoms with Gasteiger partial charge in [-0.05, 0) is 45.0 Å². The summed E-state index contributed by atoms with van der Waals surface area (Å²) in [4.78, 5) is 11.2. The van der Waals surface area contributed by atoms with Crippen LogP contribution in [0.1, 0.15) is 44.0 Å². The molecule has 1 fully saturated rings. The first kappa shape index (κ1) is 13.1. The quantitative estimate of drug-likeness (QED) is 0.770. The van der Waals surface area contributed by atoms with Gasteiger partial charge in [0.1, 0.15) is 11.9 Å². The van der Waals surface area contributed by atoms with Crippen molar-refractivity contribution in [2.75, 3.05) is 0 Å². The van der Waals surface area contributed by atoms with Crippen LogP contribution in [0.15, 0.2) is 24.3 Å². The molecule has 2 unspecified atom stereocenters. The minimum atomic E-state index is 0.0786. The van der Waals surface area contributed by atoms with Gasteiger partial charge in [0.05, 0.1) is 12.2 Å². The third-order valence-electron chi connectivity index (χ3n) is 3.22. The first-order valence-corrected chi connectivity index (χ1v) is 6.47. The lowest BCUT2D eigenvalue weighted by Gasteiger charge is -2.32. The molecule has 1 aliphatic rings. The molecule has 2 atom stereocenters. The Morgan fingerprint density at radius 1 is 1.17 bits per heavy atom. The van der Waals surface area contributed by atoms with Gasteiger partial charge in [0.2, 0.25) is 0 Å². The third kappa shape index (κ3) is 3.33. The summed E-state index contributed by atoms with van der Waals surface area (Å²) in [7, 11) is 0. The molecule has 0 radical (unpaired) electrons. The molecule has 1 aromatic rings. The van der Waals surface area contributed by atoms with Crippen molar-refractivity contribution in [1.29, 1.82) is 0 Å². The van der Waals surface area contributed by atoms with E-state index >= 15 is 0 Å². The predicted octanol–water partition coefficient (Wildman–Crippen LogP) is 3.22. The molecule has 1 aliphatic heterocycles. The Hall–Kier alpha value is -1.35. The number of ketones is 1. The number of Topliss-reactive ketones (excluding diaryl/α,β-unsaturated/α-hetero) is 1. The fourth-order valence-electron chi connectivity index (χ4n) is 2.40. The lowest BCUT2D eigenvalue weighted by atomic mass is 10.0. The maximum atomic E-state index is 11.2. The van der Waals surface area contributed by atoms with Crippen molar-refractivity contribution in [3.05, 3.63) is 29.8 Å². The Balaban J connectivity index is 1.98. The van der Waals surface area contributed by atoms with Gasteiger partial charge in [-0.15, -0.1) is 0 Å². The van der Waals surface area contributed by atoms with Gasteiger partial charge in [0.15, 0.2) is 5.78 Å². The zero-order valence-electron chi connectivity index (χ0n) is 11.2. The monoisotopic (exact) mass is 248 g/mol. The van der Waals surface area contributed by atoms with Gasteiger partial charge in [-0.3, -0.25) is 4.79 Å². The van der Waals surface area contributed by atoms with Crippen molar-refractivity contribution in [1.82, 2.24) is 0 Å². The van der Waals surface area contributed by atoms with Crippen molar-refractivity contribution in [2.24, 2.45) is 0 Å². The van der Waals surface area contributed by atoms with Crippen LogP contribution in [0.4, 0.5) is 0 Å². The van der Waals surface area contributed by atoms with Crippen molar-refractivity contribution < 1.29 is 14.3 Å². The molecule has 0 aliphatic carbocycles. The van der Waals surface area contributed by atoms with Crippen LogP contribution in [0.2, 0.25) is 0 Å². The average Bonchev–Trinajstić information content (AvgIpc) is 2.28. The molecular weight excluding hydrogens is 228 g/mol. The lowest BCUT2D eigenvalue weighted by Crippen LogP contribution is -2.35. The zero-order chi connectivity index (χ0) is 13.1. The first-order valence-electron chi connectivity index (χ1n) is 6.47. The van der Waals surface area contributed by atoms with E-state index in [0.717, 1.165) is 24.2 Å². The van der Waals surface area contributed by atoms with Crippen LogP contribution in [0.25, 0.3) is 0 Å². The van der Waals surface area contributed by atoms with Gasteiger partial charge in [-0.25, -0.2) is 0 Å². The fourth-order valence-corrected chi connectivity index (χ4v) is 2.40. The Kier molecular flexibility index (Phi) is 4.02. The Morgan fingerprint density at radius 2 is 1.72 bits per heavy atom. The summed E-state index contributed by atoms with van der Waals surface area (Å²) in [5, 5.41) is 0. The molecule has 18 heavy (non-hydrogen) atoms. The van der Waals surface area contributed by atoms with Crippen LogP contribution >= 0.6 is 0 Å². The van der Waals surface area contributed by atoms with E-state index in [1.54, 1.807) is 6.92 Å². The van der Waals surface area contributed by atoms with Crippen LogP contribution in [0.3, 0.4) is 0 Å². The van der Waals surface area contributed by atoms with Gasteiger partial charge in [-0.2, -0.15) is 0 Å². The largest absolute Gasteiger partial charge is 0.490 e. The SMILES string of the molecule is CC(=O)c1ccc(OC2CC(C)OC(C)C2)cc1. The van der Waals surface area contributed by atoms with E-state index in [1.165, 1.54) is 0 Å². The molecule has 0 aromatic heterocycles. The van der Waals surface area contributed by atoms with E-state index in [4.69, 9.17) is 9.47 Å². The number of carbonyl (C=O) groups excluding carboxylic acids is 1. The molecule has 0 saturated carbocycles. The van der Waals surface area contributed by atoms with Crippen LogP contribution in [-0.4, -0.2) is 24.1 Å². The van der Waals surface area contributed by atoms with Crippen LogP contribution in [0, 0.1) is 0 Å². The molecule has 2 rings (SSSR count). The summed E-state index contributed by atoms with van der Waals surface area (Å²) in [6, 6.07) is 7.34. The molecule has 0 amide bonds. The van der Waals surface area contributed by atoms with Gasteiger partial charge < -0.3 is 9.47 Å². The molecule has 98 valence electrons. The molecule has 0 N–H and O–H groups in total. The summed E-state index contributed by atoms with van der Waals surface area (Å²) in [5.41, 5.74) is 0.719. The standard InChI is InChI=1S/C15H20O3/c1-10-8-15(9-11(2)17-10)18-14-6-4-13(5-7-14)12(3)16/h4-7,10-11,15H,8-9H2,1-3H3. The highest BCUT2D eigenvalue weighted by Gasteiger charge is 2.25. The lowest BCUT2D eigenvalue weighted by molar-refractivity contribution is -0.0721. The van der Waals surface area contributed by atoms with Crippen molar-refractivity contribution >= 4 is 5.78 Å². The summed E-state index contributed by atoms with van der Waals surface area (Å²) < 4.78 is 11.6. The Morgan fingerprint density at radius 3 is 2.22 bits per heavy atom. The molecule has 1 heterocycles. The van der Waals surface area contributed by atoms with Gasteiger partial charge in [0, 0.05) is 18.4 Å². The van der Waals surface area contributed by atoms with Crippen LogP contribution in [0.5, 0.6) is 5.75 Å². The Labute approximate surface area is 108 Å². The van der Waals surface area contributed by atoms with Crippen molar-refractivity contribution in [2.45, 2.75) is 51.9 Å². The normalized spacial score (nSPS) is 27.8. The minimum Gasteiger partial charge on any atom is -0.490 e. The number of hydrogen-bond acceptors (Lipinski definition) is 3. The third-order valence-corrected chi connectivity index (χ3v) is 3.22. The number of carbonyl (C=O) groups is 1. The highest BCUT2D eigenvalue weighted by Crippen LogP contribution is 2.24. The second-order valence-corrected chi connectivity index (χ2v) is 5.05. The maximum Gasteiger partial charge on any atom is 0.159 e. The van der Waals surface area contributed by atoms with Gasteiger partial charge >= 0.3 is 0 Å². The van der Waals surface area contributed by atoms with E-state index in [2.05, 4.69) is 13.8 Å². The molecular formula is C15H20O3. The topological polar surface area (TPSA) is 35.5 Å². The number of rotatable bonds is 3. The van der Waals surface area contributed by atoms with Crippen molar-refractivity contribution in [3.63, 3.8) is 0 Å². The molecule has 1 aromatic carbocycles. The summed E-state index contributed by atoms with van der Waals surface area (Å²) in [5.74, 6) is 0.904. The highest BCUT2D eigenvalue weighted by molar-refractivity contribution is 5.94. The second-order valence-electron chi connectivity index (χ2n) is 5.05. The summed E-state index contributed by atoms with van der Waals surface area (Å²) in [6.07, 6.45) is 2.52. The van der Waals surface area contributed by atoms with E-state index in [0.29, 0.717) is 0 Å². The number of benzene rings is 1. The molecule has 0 bridgehead atoms. The van der Waals surface area contributed by atoms with Crippen LogP contribution in [-0.2, 0) is 4.74 Å². The summed E-state index contributed by atoms with van der Waals surface area (Å²) in [6.45, 7) is 5.72. The zero-order valence-corrected chi connectivity index (χ0v) is 11.2. The van der Waals surface area contributed by atoms with E-state index in [1.807, 2.05) is 24.3 Å². The van der Waals surface area contributed by atoms with Gasteiger partial charge in [-0.1, -0.05) is 0 Å². The minimum absolute atomic E-state index is 0.0786. The predicted molar refractivity (Wildman–Crippen MR) is 70.1 cm³/mol. The number of ether oxygens (including phenoxy) is 2. The molecule has 0 spiro atoms. The first-order chi connectivity index (χ1) is 8.54. The Bertz CT molecular complexity index is 400. The molecule has 1 saturated heterocycles. The summed E-state index contributed by atoms with van der Waals surface area (Å²) >= 11 is 0. The van der Waals surface area contributed by atoms with E-state index in [9.17, 15) is 4.79 Å². The second kappa shape index (κ2) is 5.53. The van der Waals surface area contributed by atoms with E-state index in [-0.39, 0.29) is 24.1 Å². The number of hydrogen-bond donors (Lipinski definition) is 0. The average molecular weight is 248 g/mol.